The Morgan fingerprint density at radius 3 is 2.78 bits per heavy atom. The van der Waals surface area contributed by atoms with Gasteiger partial charge in [0.05, 0.1) is 5.02 Å². The monoisotopic (exact) mass is 282 g/mol. The minimum Gasteiger partial charge on any atom is -0.478 e. The van der Waals surface area contributed by atoms with Crippen LogP contribution in [0.1, 0.15) is 4.88 Å². The first-order valence-electron chi connectivity index (χ1n) is 5.02. The summed E-state index contributed by atoms with van der Waals surface area (Å²) in [6, 6.07) is 8.14. The number of halogens is 2. The van der Waals surface area contributed by atoms with Crippen molar-refractivity contribution in [1.82, 2.24) is 0 Å². The van der Waals surface area contributed by atoms with E-state index in [1.807, 2.05) is 6.07 Å². The maximum atomic E-state index is 13.0. The van der Waals surface area contributed by atoms with E-state index in [4.69, 9.17) is 16.7 Å². The lowest BCUT2D eigenvalue weighted by Gasteiger charge is -1.98. The van der Waals surface area contributed by atoms with E-state index in [-0.39, 0.29) is 5.02 Å². The Hall–Kier alpha value is -1.65. The van der Waals surface area contributed by atoms with Crippen molar-refractivity contribution in [1.29, 1.82) is 0 Å². The molecular formula is C13H8ClFO2S. The molecule has 0 unspecified atom stereocenters. The van der Waals surface area contributed by atoms with E-state index in [9.17, 15) is 9.18 Å². The Balaban J connectivity index is 2.29. The van der Waals surface area contributed by atoms with E-state index in [0.29, 0.717) is 0 Å². The Morgan fingerprint density at radius 2 is 2.11 bits per heavy atom. The van der Waals surface area contributed by atoms with Crippen molar-refractivity contribution in [3.63, 3.8) is 0 Å². The van der Waals surface area contributed by atoms with Crippen LogP contribution < -0.4 is 0 Å². The van der Waals surface area contributed by atoms with Gasteiger partial charge in [-0.2, -0.15) is 0 Å². The van der Waals surface area contributed by atoms with Gasteiger partial charge in [-0.25, -0.2) is 9.18 Å². The molecule has 2 rings (SSSR count). The topological polar surface area (TPSA) is 37.3 Å². The van der Waals surface area contributed by atoms with Crippen LogP contribution in [0.3, 0.4) is 0 Å². The summed E-state index contributed by atoms with van der Waals surface area (Å²) < 4.78 is 13.0. The van der Waals surface area contributed by atoms with Crippen LogP contribution in [0.15, 0.2) is 36.4 Å². The highest BCUT2D eigenvalue weighted by atomic mass is 35.5. The third kappa shape index (κ3) is 2.97. The predicted molar refractivity (Wildman–Crippen MR) is 71.4 cm³/mol. The summed E-state index contributed by atoms with van der Waals surface area (Å²) in [6.07, 6.45) is 2.59. The highest BCUT2D eigenvalue weighted by Crippen LogP contribution is 2.31. The van der Waals surface area contributed by atoms with Gasteiger partial charge in [0.25, 0.3) is 0 Å². The number of hydrogen-bond donors (Lipinski definition) is 1. The van der Waals surface area contributed by atoms with Gasteiger partial charge in [-0.05, 0) is 35.9 Å². The average Bonchev–Trinajstić information content (AvgIpc) is 2.79. The van der Waals surface area contributed by atoms with Crippen molar-refractivity contribution in [2.24, 2.45) is 0 Å². The first-order valence-corrected chi connectivity index (χ1v) is 6.22. The van der Waals surface area contributed by atoms with Crippen molar-refractivity contribution in [2.45, 2.75) is 0 Å². The summed E-state index contributed by atoms with van der Waals surface area (Å²) in [5, 5.41) is 8.60. The summed E-state index contributed by atoms with van der Waals surface area (Å²) in [5.74, 6) is -1.45. The minimum atomic E-state index is -0.991. The summed E-state index contributed by atoms with van der Waals surface area (Å²) in [6.45, 7) is 0. The second-order valence-corrected chi connectivity index (χ2v) is 5.03. The van der Waals surface area contributed by atoms with Crippen LogP contribution in [-0.4, -0.2) is 11.1 Å². The van der Waals surface area contributed by atoms with Gasteiger partial charge in [-0.3, -0.25) is 0 Å². The second kappa shape index (κ2) is 5.33. The molecule has 18 heavy (non-hydrogen) atoms. The number of thiophene rings is 1. The van der Waals surface area contributed by atoms with Crippen LogP contribution in [0.2, 0.25) is 5.02 Å². The van der Waals surface area contributed by atoms with Gasteiger partial charge >= 0.3 is 5.97 Å². The van der Waals surface area contributed by atoms with E-state index >= 15 is 0 Å². The first kappa shape index (κ1) is 12.8. The molecule has 0 radical (unpaired) electrons. The van der Waals surface area contributed by atoms with Gasteiger partial charge in [0, 0.05) is 15.8 Å². The molecule has 5 heteroatoms. The number of carboxylic acids is 1. The van der Waals surface area contributed by atoms with Crippen molar-refractivity contribution in [2.75, 3.05) is 0 Å². The van der Waals surface area contributed by atoms with Crippen LogP contribution in [0.4, 0.5) is 4.39 Å². The molecule has 1 aromatic heterocycles. The number of benzene rings is 1. The number of carbonyl (C=O) groups is 1. The molecule has 92 valence electrons. The zero-order valence-corrected chi connectivity index (χ0v) is 10.6. The molecule has 0 fully saturated rings. The van der Waals surface area contributed by atoms with Gasteiger partial charge in [-0.1, -0.05) is 17.7 Å². The van der Waals surface area contributed by atoms with E-state index < -0.39 is 11.8 Å². The lowest BCUT2D eigenvalue weighted by Crippen LogP contribution is -1.84. The molecule has 0 saturated heterocycles. The quantitative estimate of drug-likeness (QED) is 0.852. The summed E-state index contributed by atoms with van der Waals surface area (Å²) in [4.78, 5) is 12.1. The SMILES string of the molecule is O=C(O)/C=C/c1ccc(-c2ccc(F)c(Cl)c2)s1. The molecule has 0 aliphatic rings. The normalized spacial score (nSPS) is 11.0. The first-order chi connectivity index (χ1) is 8.56. The van der Waals surface area contributed by atoms with E-state index in [0.717, 1.165) is 21.4 Å². The summed E-state index contributed by atoms with van der Waals surface area (Å²) in [5.41, 5.74) is 0.807. The van der Waals surface area contributed by atoms with Gasteiger partial charge in [0.2, 0.25) is 0 Å². The fourth-order valence-electron chi connectivity index (χ4n) is 1.40. The molecule has 2 nitrogen and oxygen atoms in total. The molecule has 0 spiro atoms. The fourth-order valence-corrected chi connectivity index (χ4v) is 2.49. The van der Waals surface area contributed by atoms with Crippen molar-refractivity contribution in [3.8, 4) is 10.4 Å². The van der Waals surface area contributed by atoms with Gasteiger partial charge < -0.3 is 5.11 Å². The van der Waals surface area contributed by atoms with E-state index in [1.54, 1.807) is 18.2 Å². The van der Waals surface area contributed by atoms with Gasteiger partial charge in [0.1, 0.15) is 5.82 Å². The molecule has 0 saturated carbocycles. The third-order valence-corrected chi connectivity index (χ3v) is 3.61. The van der Waals surface area contributed by atoms with Crippen molar-refractivity contribution < 1.29 is 14.3 Å². The van der Waals surface area contributed by atoms with Crippen LogP contribution >= 0.6 is 22.9 Å². The number of hydrogen-bond acceptors (Lipinski definition) is 2. The zero-order valence-electron chi connectivity index (χ0n) is 9.06. The molecule has 0 atom stereocenters. The number of carboxylic acid groups (broad SMARTS) is 1. The van der Waals surface area contributed by atoms with E-state index in [1.165, 1.54) is 23.5 Å². The number of aliphatic carboxylic acids is 1. The lowest BCUT2D eigenvalue weighted by atomic mass is 10.2. The molecule has 0 aliphatic carbocycles. The summed E-state index contributed by atoms with van der Waals surface area (Å²) >= 11 is 7.12. The predicted octanol–water partition coefficient (Wildman–Crippen LogP) is 4.31. The second-order valence-electron chi connectivity index (χ2n) is 3.50. The van der Waals surface area contributed by atoms with Gasteiger partial charge in [-0.15, -0.1) is 11.3 Å². The molecule has 2 aromatic rings. The molecule has 1 heterocycles. The Morgan fingerprint density at radius 1 is 1.33 bits per heavy atom. The van der Waals surface area contributed by atoms with Crippen LogP contribution in [0.5, 0.6) is 0 Å². The molecule has 0 bridgehead atoms. The molecule has 1 aromatic carbocycles. The van der Waals surface area contributed by atoms with Crippen LogP contribution in [0.25, 0.3) is 16.5 Å². The highest BCUT2D eigenvalue weighted by Gasteiger charge is 2.05. The molecular weight excluding hydrogens is 275 g/mol. The van der Waals surface area contributed by atoms with Crippen molar-refractivity contribution >= 4 is 35.0 Å². The fraction of sp³-hybridized carbons (Fsp3) is 0. The van der Waals surface area contributed by atoms with E-state index in [2.05, 4.69) is 0 Å². The Labute approximate surface area is 112 Å². The zero-order chi connectivity index (χ0) is 13.1. The smallest absolute Gasteiger partial charge is 0.328 e. The number of rotatable bonds is 3. The third-order valence-electron chi connectivity index (χ3n) is 2.22. The minimum absolute atomic E-state index is 0.0727. The van der Waals surface area contributed by atoms with Crippen LogP contribution in [-0.2, 0) is 4.79 Å². The maximum Gasteiger partial charge on any atom is 0.328 e. The van der Waals surface area contributed by atoms with Crippen molar-refractivity contribution in [3.05, 3.63) is 52.1 Å². The standard InChI is InChI=1S/C13H8ClFO2S/c14-10-7-8(1-4-11(10)15)12-5-2-9(18-12)3-6-13(16)17/h1-7H,(H,16,17)/b6-3+. The lowest BCUT2D eigenvalue weighted by molar-refractivity contribution is -0.131. The van der Waals surface area contributed by atoms with Crippen LogP contribution in [0, 0.1) is 5.82 Å². The Kier molecular flexibility index (Phi) is 3.79. The Bertz CT molecular complexity index is 619. The average molecular weight is 283 g/mol. The molecule has 1 N–H and O–H groups in total. The molecule has 0 amide bonds. The summed E-state index contributed by atoms with van der Waals surface area (Å²) in [7, 11) is 0. The molecule has 0 aliphatic heterocycles. The van der Waals surface area contributed by atoms with Gasteiger partial charge in [0.15, 0.2) is 0 Å². The largest absolute Gasteiger partial charge is 0.478 e. The highest BCUT2D eigenvalue weighted by molar-refractivity contribution is 7.16. The maximum absolute atomic E-state index is 13.0.